The summed E-state index contributed by atoms with van der Waals surface area (Å²) in [6.07, 6.45) is 3.66. The van der Waals surface area contributed by atoms with E-state index in [1.54, 1.807) is 6.20 Å². The summed E-state index contributed by atoms with van der Waals surface area (Å²) >= 11 is 0. The van der Waals surface area contributed by atoms with Crippen LogP contribution in [0.3, 0.4) is 0 Å². The van der Waals surface area contributed by atoms with Crippen molar-refractivity contribution in [3.8, 4) is 0 Å². The highest BCUT2D eigenvalue weighted by molar-refractivity contribution is 5.80. The molecule has 1 atom stereocenters. The van der Waals surface area contributed by atoms with Gasteiger partial charge in [0.25, 0.3) is 0 Å². The van der Waals surface area contributed by atoms with Crippen LogP contribution >= 0.6 is 0 Å². The molecule has 0 aromatic carbocycles. The molecule has 0 radical (unpaired) electrons. The smallest absolute Gasteiger partial charge is 0.234 e. The zero-order valence-corrected chi connectivity index (χ0v) is 10.0. The zero-order valence-electron chi connectivity index (χ0n) is 10.0. The van der Waals surface area contributed by atoms with Gasteiger partial charge in [-0.3, -0.25) is 14.7 Å². The fraction of sp³-hybridized carbons (Fsp3) is 0.500. The highest BCUT2D eigenvalue weighted by Crippen LogP contribution is 2.19. The van der Waals surface area contributed by atoms with Gasteiger partial charge in [0.05, 0.1) is 11.7 Å². The monoisotopic (exact) mass is 234 g/mol. The lowest BCUT2D eigenvalue weighted by molar-refractivity contribution is -0.122. The van der Waals surface area contributed by atoms with Gasteiger partial charge in [-0.15, -0.1) is 0 Å². The predicted octanol–water partition coefficient (Wildman–Crippen LogP) is 0.573. The van der Waals surface area contributed by atoms with E-state index in [-0.39, 0.29) is 11.9 Å². The number of nitrogens with zero attached hydrogens (tertiary/aromatic N) is 2. The van der Waals surface area contributed by atoms with Crippen LogP contribution in [-0.4, -0.2) is 35.4 Å². The van der Waals surface area contributed by atoms with Crippen LogP contribution in [0.2, 0.25) is 0 Å². The molecule has 1 aliphatic rings. The number of rotatable bonds is 4. The highest BCUT2D eigenvalue weighted by Gasteiger charge is 2.28. The van der Waals surface area contributed by atoms with Gasteiger partial charge in [-0.2, -0.15) is 0 Å². The Bertz CT molecular complexity index is 407. The van der Waals surface area contributed by atoms with Crippen LogP contribution in [0.25, 0.3) is 0 Å². The van der Waals surface area contributed by atoms with Crippen molar-refractivity contribution in [1.82, 2.24) is 9.88 Å². The van der Waals surface area contributed by atoms with Gasteiger partial charge in [0.1, 0.15) is 0 Å². The average molecular weight is 234 g/mol. The van der Waals surface area contributed by atoms with Gasteiger partial charge < -0.3 is 11.1 Å². The van der Waals surface area contributed by atoms with E-state index in [1.165, 1.54) is 0 Å². The van der Waals surface area contributed by atoms with Gasteiger partial charge >= 0.3 is 0 Å². The lowest BCUT2D eigenvalue weighted by atomic mass is 10.2. The molecule has 0 saturated carbocycles. The lowest BCUT2D eigenvalue weighted by Gasteiger charge is -2.21. The summed E-state index contributed by atoms with van der Waals surface area (Å²) in [5, 5.41) is 3.08. The van der Waals surface area contributed by atoms with E-state index in [0.717, 1.165) is 30.8 Å². The minimum Gasteiger partial charge on any atom is -0.388 e. The van der Waals surface area contributed by atoms with E-state index in [0.29, 0.717) is 6.54 Å². The zero-order chi connectivity index (χ0) is 12.3. The van der Waals surface area contributed by atoms with Crippen molar-refractivity contribution in [3.05, 3.63) is 24.0 Å². The van der Waals surface area contributed by atoms with Crippen molar-refractivity contribution in [1.29, 1.82) is 0 Å². The van der Waals surface area contributed by atoms with E-state index < -0.39 is 0 Å². The van der Waals surface area contributed by atoms with E-state index >= 15 is 0 Å². The van der Waals surface area contributed by atoms with E-state index in [2.05, 4.69) is 15.2 Å². The van der Waals surface area contributed by atoms with Crippen molar-refractivity contribution in [3.63, 3.8) is 0 Å². The fourth-order valence-corrected chi connectivity index (χ4v) is 2.27. The molecule has 1 aliphatic heterocycles. The molecule has 1 aromatic heterocycles. The minimum atomic E-state index is -0.229. The third-order valence-electron chi connectivity index (χ3n) is 3.16. The molecule has 1 amide bonds. The fourth-order valence-electron chi connectivity index (χ4n) is 2.27. The average Bonchev–Trinajstić information content (AvgIpc) is 2.77. The molecular formula is C12H18N4O. The first kappa shape index (κ1) is 11.9. The quantitative estimate of drug-likeness (QED) is 0.799. The number of carbonyl (C=O) groups excluding carboxylic acids is 1. The Morgan fingerprint density at radius 3 is 3.24 bits per heavy atom. The number of pyridine rings is 1. The summed E-state index contributed by atoms with van der Waals surface area (Å²) in [6.45, 7) is 1.60. The minimum absolute atomic E-state index is 0.130. The number of likely N-dealkylation sites (tertiary alicyclic amines) is 1. The summed E-state index contributed by atoms with van der Waals surface area (Å²) in [6, 6.07) is 3.78. The van der Waals surface area contributed by atoms with Crippen molar-refractivity contribution >= 4 is 11.6 Å². The maximum atomic E-state index is 11.3. The summed E-state index contributed by atoms with van der Waals surface area (Å²) < 4.78 is 0. The highest BCUT2D eigenvalue weighted by atomic mass is 16.1. The van der Waals surface area contributed by atoms with Crippen LogP contribution in [0.5, 0.6) is 0 Å². The summed E-state index contributed by atoms with van der Waals surface area (Å²) in [7, 11) is 1.88. The first-order valence-electron chi connectivity index (χ1n) is 5.87. The predicted molar refractivity (Wildman–Crippen MR) is 66.4 cm³/mol. The van der Waals surface area contributed by atoms with Crippen molar-refractivity contribution in [2.45, 2.75) is 25.4 Å². The van der Waals surface area contributed by atoms with Gasteiger partial charge in [0.15, 0.2) is 0 Å². The standard InChI is InChI=1S/C12H18N4O/c1-14-9-4-5-15-10(7-9)8-16-6-2-3-11(16)12(13)17/h4-5,7,11H,2-3,6,8H2,1H3,(H2,13,17)(H,14,15). The van der Waals surface area contributed by atoms with E-state index in [4.69, 9.17) is 5.73 Å². The summed E-state index contributed by atoms with van der Waals surface area (Å²) in [5.41, 5.74) is 7.38. The second kappa shape index (κ2) is 5.14. The molecular weight excluding hydrogens is 216 g/mol. The molecule has 2 heterocycles. The van der Waals surface area contributed by atoms with Crippen LogP contribution in [0.1, 0.15) is 18.5 Å². The molecule has 1 fully saturated rings. The van der Waals surface area contributed by atoms with E-state index in [9.17, 15) is 4.79 Å². The Morgan fingerprint density at radius 1 is 1.71 bits per heavy atom. The Labute approximate surface area is 101 Å². The largest absolute Gasteiger partial charge is 0.388 e. The van der Waals surface area contributed by atoms with Crippen LogP contribution in [-0.2, 0) is 11.3 Å². The Morgan fingerprint density at radius 2 is 2.53 bits per heavy atom. The molecule has 17 heavy (non-hydrogen) atoms. The maximum Gasteiger partial charge on any atom is 0.234 e. The molecule has 0 aliphatic carbocycles. The van der Waals surface area contributed by atoms with Crippen LogP contribution in [0.4, 0.5) is 5.69 Å². The van der Waals surface area contributed by atoms with Gasteiger partial charge in [0, 0.05) is 25.5 Å². The van der Waals surface area contributed by atoms with E-state index in [1.807, 2.05) is 19.2 Å². The van der Waals surface area contributed by atoms with Crippen LogP contribution in [0.15, 0.2) is 18.3 Å². The molecule has 0 bridgehead atoms. The topological polar surface area (TPSA) is 71.2 Å². The summed E-state index contributed by atoms with van der Waals surface area (Å²) in [4.78, 5) is 17.7. The number of hydrogen-bond donors (Lipinski definition) is 2. The molecule has 1 saturated heterocycles. The number of amides is 1. The summed E-state index contributed by atoms with van der Waals surface area (Å²) in [5.74, 6) is -0.229. The number of primary amides is 1. The number of hydrogen-bond acceptors (Lipinski definition) is 4. The van der Waals surface area contributed by atoms with Gasteiger partial charge in [-0.1, -0.05) is 0 Å². The first-order chi connectivity index (χ1) is 8.20. The number of aromatic nitrogens is 1. The van der Waals surface area contributed by atoms with Crippen LogP contribution < -0.4 is 11.1 Å². The Hall–Kier alpha value is -1.62. The van der Waals surface area contributed by atoms with Gasteiger partial charge in [-0.25, -0.2) is 0 Å². The number of anilines is 1. The van der Waals surface area contributed by atoms with Gasteiger partial charge in [0.2, 0.25) is 5.91 Å². The number of carbonyl (C=O) groups is 1. The molecule has 2 rings (SSSR count). The Balaban J connectivity index is 2.06. The first-order valence-corrected chi connectivity index (χ1v) is 5.87. The van der Waals surface area contributed by atoms with Crippen molar-refractivity contribution in [2.75, 3.05) is 18.9 Å². The van der Waals surface area contributed by atoms with Crippen molar-refractivity contribution < 1.29 is 4.79 Å². The third kappa shape index (κ3) is 2.74. The SMILES string of the molecule is CNc1ccnc(CN2CCCC2C(N)=O)c1. The normalized spacial score (nSPS) is 20.4. The maximum absolute atomic E-state index is 11.3. The van der Waals surface area contributed by atoms with Gasteiger partial charge in [-0.05, 0) is 31.5 Å². The molecule has 5 nitrogen and oxygen atoms in total. The second-order valence-electron chi connectivity index (χ2n) is 4.32. The Kier molecular flexibility index (Phi) is 3.58. The molecule has 3 N–H and O–H groups in total. The number of nitrogens with two attached hydrogens (primary N) is 1. The molecule has 1 unspecified atom stereocenters. The molecule has 0 spiro atoms. The second-order valence-corrected chi connectivity index (χ2v) is 4.32. The van der Waals surface area contributed by atoms with Crippen molar-refractivity contribution in [2.24, 2.45) is 5.73 Å². The molecule has 5 heteroatoms. The lowest BCUT2D eigenvalue weighted by Crippen LogP contribution is -2.39. The molecule has 1 aromatic rings. The number of nitrogens with one attached hydrogen (secondary N) is 1. The molecule has 92 valence electrons. The third-order valence-corrected chi connectivity index (χ3v) is 3.16. The van der Waals surface area contributed by atoms with Crippen LogP contribution in [0, 0.1) is 0 Å².